The summed E-state index contributed by atoms with van der Waals surface area (Å²) < 4.78 is 36.8. The Bertz CT molecular complexity index is 1380. The number of ether oxygens (including phenoxy) is 2. The predicted molar refractivity (Wildman–Crippen MR) is 130 cm³/mol. The van der Waals surface area contributed by atoms with Crippen LogP contribution < -0.4 is 9.47 Å². The van der Waals surface area contributed by atoms with Crippen molar-refractivity contribution in [3.63, 3.8) is 0 Å². The van der Waals surface area contributed by atoms with E-state index in [1.807, 2.05) is 54.6 Å². The molecular formula is C26H24N2O6S. The molecule has 1 atom stereocenters. The SMILES string of the molecule is CS(=O)(=O)n1ccnc1[C@@H](CC(=O)O)c1ccc(OCc2ccc(Oc3ccccc3)cc2)cc1. The van der Waals surface area contributed by atoms with Crippen LogP contribution in [0.3, 0.4) is 0 Å². The van der Waals surface area contributed by atoms with Gasteiger partial charge < -0.3 is 14.6 Å². The monoisotopic (exact) mass is 492 g/mol. The molecule has 0 unspecified atom stereocenters. The molecule has 0 aliphatic carbocycles. The number of aromatic nitrogens is 2. The maximum Gasteiger partial charge on any atom is 0.304 e. The van der Waals surface area contributed by atoms with Gasteiger partial charge in [-0.2, -0.15) is 0 Å². The summed E-state index contributed by atoms with van der Waals surface area (Å²) in [7, 11) is -3.62. The molecule has 1 heterocycles. The van der Waals surface area contributed by atoms with E-state index in [4.69, 9.17) is 9.47 Å². The van der Waals surface area contributed by atoms with Crippen molar-refractivity contribution >= 4 is 16.0 Å². The van der Waals surface area contributed by atoms with Gasteiger partial charge in [-0.25, -0.2) is 17.4 Å². The van der Waals surface area contributed by atoms with E-state index >= 15 is 0 Å². The number of rotatable bonds is 10. The summed E-state index contributed by atoms with van der Waals surface area (Å²) in [6, 6.07) is 24.0. The molecule has 180 valence electrons. The highest BCUT2D eigenvalue weighted by atomic mass is 32.2. The van der Waals surface area contributed by atoms with Gasteiger partial charge in [-0.05, 0) is 47.5 Å². The average molecular weight is 493 g/mol. The van der Waals surface area contributed by atoms with E-state index < -0.39 is 21.9 Å². The molecule has 0 aliphatic rings. The Morgan fingerprint density at radius 2 is 1.57 bits per heavy atom. The highest BCUT2D eigenvalue weighted by Gasteiger charge is 2.25. The van der Waals surface area contributed by atoms with Crippen molar-refractivity contribution < 1.29 is 27.8 Å². The highest BCUT2D eigenvalue weighted by molar-refractivity contribution is 7.89. The van der Waals surface area contributed by atoms with Crippen LogP contribution in [0.2, 0.25) is 0 Å². The van der Waals surface area contributed by atoms with Gasteiger partial charge in [0.05, 0.1) is 18.6 Å². The summed E-state index contributed by atoms with van der Waals surface area (Å²) in [4.78, 5) is 15.6. The van der Waals surface area contributed by atoms with Gasteiger partial charge >= 0.3 is 5.97 Å². The molecule has 4 aromatic rings. The van der Waals surface area contributed by atoms with Crippen molar-refractivity contribution in [2.45, 2.75) is 18.9 Å². The van der Waals surface area contributed by atoms with Crippen LogP contribution in [0.25, 0.3) is 0 Å². The average Bonchev–Trinajstić information content (AvgIpc) is 3.34. The number of hydrogen-bond donors (Lipinski definition) is 1. The van der Waals surface area contributed by atoms with Crippen LogP contribution in [-0.2, 0) is 21.4 Å². The first kappa shape index (κ1) is 24.0. The number of hydrogen-bond acceptors (Lipinski definition) is 6. The number of benzene rings is 3. The molecule has 0 spiro atoms. The Hall–Kier alpha value is -4.11. The molecule has 0 amide bonds. The van der Waals surface area contributed by atoms with E-state index in [0.29, 0.717) is 17.9 Å². The molecular weight excluding hydrogens is 468 g/mol. The van der Waals surface area contributed by atoms with Crippen molar-refractivity contribution in [2.75, 3.05) is 6.26 Å². The zero-order chi connectivity index (χ0) is 24.8. The fourth-order valence-electron chi connectivity index (χ4n) is 3.60. The lowest BCUT2D eigenvalue weighted by molar-refractivity contribution is -0.137. The maximum atomic E-state index is 12.1. The van der Waals surface area contributed by atoms with E-state index in [9.17, 15) is 18.3 Å². The lowest BCUT2D eigenvalue weighted by Gasteiger charge is -2.17. The fraction of sp³-hybridized carbons (Fsp3) is 0.154. The number of carboxylic acids is 1. The second-order valence-electron chi connectivity index (χ2n) is 7.91. The summed E-state index contributed by atoms with van der Waals surface area (Å²) in [5.74, 6) is 0.444. The van der Waals surface area contributed by atoms with Gasteiger partial charge in [0.1, 0.15) is 29.7 Å². The van der Waals surface area contributed by atoms with Crippen molar-refractivity contribution in [3.8, 4) is 17.2 Å². The molecule has 3 aromatic carbocycles. The van der Waals surface area contributed by atoms with Crippen LogP contribution in [0, 0.1) is 0 Å². The van der Waals surface area contributed by atoms with Crippen LogP contribution >= 0.6 is 0 Å². The number of para-hydroxylation sites is 1. The predicted octanol–water partition coefficient (Wildman–Crippen LogP) is 4.67. The zero-order valence-electron chi connectivity index (χ0n) is 18.9. The van der Waals surface area contributed by atoms with Gasteiger partial charge in [-0.3, -0.25) is 4.79 Å². The molecule has 0 aliphatic heterocycles. The third kappa shape index (κ3) is 6.27. The van der Waals surface area contributed by atoms with Crippen LogP contribution in [-0.4, -0.2) is 34.7 Å². The molecule has 1 N–H and O–H groups in total. The summed E-state index contributed by atoms with van der Waals surface area (Å²) in [5.41, 5.74) is 1.58. The number of carboxylic acid groups (broad SMARTS) is 1. The van der Waals surface area contributed by atoms with Gasteiger partial charge in [0.2, 0.25) is 10.0 Å². The topological polar surface area (TPSA) is 108 Å². The van der Waals surface area contributed by atoms with Crippen LogP contribution in [0.15, 0.2) is 91.3 Å². The second-order valence-corrected chi connectivity index (χ2v) is 9.77. The molecule has 1 aromatic heterocycles. The summed E-state index contributed by atoms with van der Waals surface area (Å²) in [6.07, 6.45) is 3.41. The maximum absolute atomic E-state index is 12.1. The lowest BCUT2D eigenvalue weighted by Crippen LogP contribution is -2.18. The minimum atomic E-state index is -3.62. The van der Waals surface area contributed by atoms with Crippen molar-refractivity contribution in [1.82, 2.24) is 8.96 Å². The molecule has 35 heavy (non-hydrogen) atoms. The molecule has 0 fully saturated rings. The molecule has 0 bridgehead atoms. The number of aliphatic carboxylic acids is 1. The van der Waals surface area contributed by atoms with Crippen molar-refractivity contribution in [2.24, 2.45) is 0 Å². The minimum Gasteiger partial charge on any atom is -0.489 e. The van der Waals surface area contributed by atoms with E-state index in [1.54, 1.807) is 24.3 Å². The summed E-state index contributed by atoms with van der Waals surface area (Å²) >= 11 is 0. The van der Waals surface area contributed by atoms with Crippen LogP contribution in [0.4, 0.5) is 0 Å². The van der Waals surface area contributed by atoms with Crippen LogP contribution in [0.5, 0.6) is 17.2 Å². The Morgan fingerprint density at radius 1 is 0.943 bits per heavy atom. The molecule has 0 saturated heterocycles. The van der Waals surface area contributed by atoms with Gasteiger partial charge in [-0.1, -0.05) is 42.5 Å². The third-order valence-corrected chi connectivity index (χ3v) is 6.30. The quantitative estimate of drug-likeness (QED) is 0.343. The van der Waals surface area contributed by atoms with Gasteiger partial charge in [-0.15, -0.1) is 0 Å². The molecule has 0 saturated carbocycles. The summed E-state index contributed by atoms with van der Waals surface area (Å²) in [6.45, 7) is 0.335. The summed E-state index contributed by atoms with van der Waals surface area (Å²) in [5, 5.41) is 9.38. The lowest BCUT2D eigenvalue weighted by atomic mass is 9.95. The fourth-order valence-corrected chi connectivity index (χ4v) is 4.39. The second kappa shape index (κ2) is 10.4. The van der Waals surface area contributed by atoms with Crippen molar-refractivity contribution in [3.05, 3.63) is 108 Å². The smallest absolute Gasteiger partial charge is 0.304 e. The standard InChI is InChI=1S/C26H24N2O6S/c1-35(31,32)28-16-15-27-26(28)24(17-25(29)30)20-9-13-21(14-10-20)33-18-19-7-11-23(12-8-19)34-22-5-3-2-4-6-22/h2-16,24H,17-18H2,1H3,(H,29,30)/t24-/m0/s1. The molecule has 9 heteroatoms. The first-order valence-electron chi connectivity index (χ1n) is 10.8. The number of carbonyl (C=O) groups is 1. The van der Waals surface area contributed by atoms with E-state index in [2.05, 4.69) is 4.98 Å². The van der Waals surface area contributed by atoms with Crippen LogP contribution in [0.1, 0.15) is 29.3 Å². The minimum absolute atomic E-state index is 0.154. The van der Waals surface area contributed by atoms with E-state index in [-0.39, 0.29) is 12.2 Å². The van der Waals surface area contributed by atoms with Gasteiger partial charge in [0, 0.05) is 12.4 Å². The zero-order valence-corrected chi connectivity index (χ0v) is 19.8. The number of imidazole rings is 1. The number of nitrogens with zero attached hydrogens (tertiary/aromatic N) is 2. The Balaban J connectivity index is 1.43. The Kier molecular flexibility index (Phi) is 7.17. The molecule has 8 nitrogen and oxygen atoms in total. The molecule has 4 rings (SSSR count). The Labute approximate surface area is 203 Å². The van der Waals surface area contributed by atoms with Gasteiger partial charge in [0.25, 0.3) is 0 Å². The highest BCUT2D eigenvalue weighted by Crippen LogP contribution is 2.29. The van der Waals surface area contributed by atoms with E-state index in [1.165, 1.54) is 12.4 Å². The van der Waals surface area contributed by atoms with E-state index in [0.717, 1.165) is 27.3 Å². The third-order valence-electron chi connectivity index (χ3n) is 5.27. The van der Waals surface area contributed by atoms with Gasteiger partial charge in [0.15, 0.2) is 0 Å². The first-order valence-corrected chi connectivity index (χ1v) is 12.6. The Morgan fingerprint density at radius 3 is 2.20 bits per heavy atom. The molecule has 0 radical (unpaired) electrons. The first-order chi connectivity index (χ1) is 16.8. The largest absolute Gasteiger partial charge is 0.489 e. The van der Waals surface area contributed by atoms with Crippen molar-refractivity contribution in [1.29, 1.82) is 0 Å². The normalized spacial score (nSPS) is 12.1.